The summed E-state index contributed by atoms with van der Waals surface area (Å²) in [7, 11) is 0. The SMILES string of the molecule is CC(C)(CCO)NC(=O)Nc1ccc([N+](=O)[O-])cc1. The lowest BCUT2D eigenvalue weighted by Crippen LogP contribution is -2.46. The van der Waals surface area contributed by atoms with Crippen LogP contribution >= 0.6 is 0 Å². The minimum atomic E-state index is -0.528. The maximum Gasteiger partial charge on any atom is 0.319 e. The fourth-order valence-electron chi connectivity index (χ4n) is 1.48. The van der Waals surface area contributed by atoms with Crippen molar-refractivity contribution in [1.82, 2.24) is 5.32 Å². The quantitative estimate of drug-likeness (QED) is 0.559. The zero-order chi connectivity index (χ0) is 14.5. The van der Waals surface area contributed by atoms with Crippen molar-refractivity contribution in [1.29, 1.82) is 0 Å². The standard InChI is InChI=1S/C12H17N3O4/c1-12(2,7-8-16)14-11(17)13-9-3-5-10(6-4-9)15(18)19/h3-6,16H,7-8H2,1-2H3,(H2,13,14,17). The van der Waals surface area contributed by atoms with Crippen LogP contribution in [0.2, 0.25) is 0 Å². The van der Waals surface area contributed by atoms with Crippen molar-refractivity contribution in [2.24, 2.45) is 0 Å². The number of nitro benzene ring substituents is 1. The fourth-order valence-corrected chi connectivity index (χ4v) is 1.48. The first-order chi connectivity index (χ1) is 8.84. The molecule has 0 radical (unpaired) electrons. The summed E-state index contributed by atoms with van der Waals surface area (Å²) in [5.41, 5.74) is -0.103. The van der Waals surface area contributed by atoms with E-state index in [4.69, 9.17) is 5.11 Å². The van der Waals surface area contributed by atoms with Crippen molar-refractivity contribution >= 4 is 17.4 Å². The second kappa shape index (κ2) is 6.14. The predicted molar refractivity (Wildman–Crippen MR) is 71.0 cm³/mol. The third kappa shape index (κ3) is 4.92. The molecule has 3 N–H and O–H groups in total. The van der Waals surface area contributed by atoms with E-state index in [1.54, 1.807) is 13.8 Å². The van der Waals surface area contributed by atoms with Crippen molar-refractivity contribution in [2.45, 2.75) is 25.8 Å². The van der Waals surface area contributed by atoms with Crippen molar-refractivity contribution in [3.63, 3.8) is 0 Å². The first-order valence-corrected chi connectivity index (χ1v) is 5.78. The number of carbonyl (C=O) groups is 1. The molecule has 7 heteroatoms. The molecule has 0 aliphatic rings. The number of benzene rings is 1. The van der Waals surface area contributed by atoms with Gasteiger partial charge in [0.2, 0.25) is 0 Å². The van der Waals surface area contributed by atoms with Gasteiger partial charge in [0.15, 0.2) is 0 Å². The van der Waals surface area contributed by atoms with Crippen LogP contribution in [0.1, 0.15) is 20.3 Å². The van der Waals surface area contributed by atoms with Crippen LogP contribution in [-0.2, 0) is 0 Å². The molecule has 19 heavy (non-hydrogen) atoms. The normalized spacial score (nSPS) is 10.9. The van der Waals surface area contributed by atoms with E-state index >= 15 is 0 Å². The van der Waals surface area contributed by atoms with E-state index in [2.05, 4.69) is 10.6 Å². The molecule has 0 atom stereocenters. The second-order valence-corrected chi connectivity index (χ2v) is 4.74. The van der Waals surface area contributed by atoms with Gasteiger partial charge >= 0.3 is 6.03 Å². The highest BCUT2D eigenvalue weighted by atomic mass is 16.6. The number of urea groups is 1. The lowest BCUT2D eigenvalue weighted by molar-refractivity contribution is -0.384. The Morgan fingerprint density at radius 3 is 2.42 bits per heavy atom. The second-order valence-electron chi connectivity index (χ2n) is 4.74. The van der Waals surface area contributed by atoms with Gasteiger partial charge in [-0.3, -0.25) is 10.1 Å². The van der Waals surface area contributed by atoms with E-state index < -0.39 is 16.5 Å². The summed E-state index contributed by atoms with van der Waals surface area (Å²) in [6.45, 7) is 3.56. The van der Waals surface area contributed by atoms with E-state index in [1.807, 2.05) is 0 Å². The van der Waals surface area contributed by atoms with E-state index in [1.165, 1.54) is 24.3 Å². The Labute approximate surface area is 110 Å². The Kier molecular flexibility index (Phi) is 4.82. The van der Waals surface area contributed by atoms with Gasteiger partial charge in [0, 0.05) is 30.0 Å². The Bertz CT molecular complexity index is 457. The topological polar surface area (TPSA) is 104 Å². The summed E-state index contributed by atoms with van der Waals surface area (Å²) >= 11 is 0. The third-order valence-electron chi connectivity index (χ3n) is 2.52. The van der Waals surface area contributed by atoms with Gasteiger partial charge in [-0.05, 0) is 32.4 Å². The van der Waals surface area contributed by atoms with Gasteiger partial charge in [-0.1, -0.05) is 0 Å². The summed E-state index contributed by atoms with van der Waals surface area (Å²) in [6.07, 6.45) is 0.431. The molecule has 1 aromatic rings. The van der Waals surface area contributed by atoms with E-state index in [-0.39, 0.29) is 12.3 Å². The molecule has 0 spiro atoms. The van der Waals surface area contributed by atoms with E-state index in [0.717, 1.165) is 0 Å². The van der Waals surface area contributed by atoms with Crippen molar-refractivity contribution in [3.8, 4) is 0 Å². The first kappa shape index (κ1) is 14.9. The highest BCUT2D eigenvalue weighted by Gasteiger charge is 2.19. The Morgan fingerprint density at radius 1 is 1.37 bits per heavy atom. The number of rotatable bonds is 5. The molecule has 104 valence electrons. The van der Waals surface area contributed by atoms with Gasteiger partial charge in [-0.15, -0.1) is 0 Å². The summed E-state index contributed by atoms with van der Waals surface area (Å²) in [4.78, 5) is 21.7. The van der Waals surface area contributed by atoms with Gasteiger partial charge in [0.25, 0.3) is 5.69 Å². The number of nitro groups is 1. The van der Waals surface area contributed by atoms with Crippen LogP contribution in [0.3, 0.4) is 0 Å². The van der Waals surface area contributed by atoms with Gasteiger partial charge in [0.1, 0.15) is 0 Å². The van der Waals surface area contributed by atoms with Crippen LogP contribution < -0.4 is 10.6 Å². The van der Waals surface area contributed by atoms with Crippen molar-refractivity contribution < 1.29 is 14.8 Å². The number of amides is 2. The molecule has 0 bridgehead atoms. The Balaban J connectivity index is 2.59. The van der Waals surface area contributed by atoms with Gasteiger partial charge in [0.05, 0.1) is 4.92 Å². The summed E-state index contributed by atoms with van der Waals surface area (Å²) < 4.78 is 0. The van der Waals surface area contributed by atoms with Crippen LogP contribution in [-0.4, -0.2) is 28.2 Å². The molecule has 2 amide bonds. The highest BCUT2D eigenvalue weighted by molar-refractivity contribution is 5.89. The Hall–Kier alpha value is -2.15. The van der Waals surface area contributed by atoms with E-state index in [9.17, 15) is 14.9 Å². The molecular weight excluding hydrogens is 250 g/mol. The smallest absolute Gasteiger partial charge is 0.319 e. The number of aliphatic hydroxyl groups excluding tert-OH is 1. The lowest BCUT2D eigenvalue weighted by Gasteiger charge is -2.25. The average Bonchev–Trinajstić information content (AvgIpc) is 2.28. The third-order valence-corrected chi connectivity index (χ3v) is 2.52. The van der Waals surface area contributed by atoms with Crippen LogP contribution in [0.5, 0.6) is 0 Å². The van der Waals surface area contributed by atoms with Gasteiger partial charge in [-0.2, -0.15) is 0 Å². The molecule has 0 heterocycles. The molecule has 7 nitrogen and oxygen atoms in total. The van der Waals surface area contributed by atoms with Crippen molar-refractivity contribution in [2.75, 3.05) is 11.9 Å². The molecule has 0 aliphatic carbocycles. The fraction of sp³-hybridized carbons (Fsp3) is 0.417. The van der Waals surface area contributed by atoms with Crippen LogP contribution in [0, 0.1) is 10.1 Å². The minimum Gasteiger partial charge on any atom is -0.396 e. The maximum atomic E-state index is 11.7. The lowest BCUT2D eigenvalue weighted by atomic mass is 10.0. The summed E-state index contributed by atoms with van der Waals surface area (Å²) in [6, 6.07) is 5.11. The number of nitrogens with zero attached hydrogens (tertiary/aromatic N) is 1. The van der Waals surface area contributed by atoms with Crippen LogP contribution in [0.25, 0.3) is 0 Å². The summed E-state index contributed by atoms with van der Waals surface area (Å²) in [5.74, 6) is 0. The monoisotopic (exact) mass is 267 g/mol. The number of aliphatic hydroxyl groups is 1. The van der Waals surface area contributed by atoms with E-state index in [0.29, 0.717) is 12.1 Å². The number of non-ortho nitro benzene ring substituents is 1. The molecule has 1 rings (SSSR count). The van der Waals surface area contributed by atoms with Gasteiger partial charge in [-0.25, -0.2) is 4.79 Å². The zero-order valence-corrected chi connectivity index (χ0v) is 10.8. The number of nitrogens with one attached hydrogen (secondary N) is 2. The molecule has 0 unspecified atom stereocenters. The molecular formula is C12H17N3O4. The molecule has 0 fully saturated rings. The largest absolute Gasteiger partial charge is 0.396 e. The number of hydrogen-bond donors (Lipinski definition) is 3. The van der Waals surface area contributed by atoms with Crippen LogP contribution in [0.15, 0.2) is 24.3 Å². The molecule has 0 saturated heterocycles. The minimum absolute atomic E-state index is 0.0230. The summed E-state index contributed by atoms with van der Waals surface area (Å²) in [5, 5.41) is 24.6. The number of carbonyl (C=O) groups excluding carboxylic acids is 1. The van der Waals surface area contributed by atoms with Crippen LogP contribution in [0.4, 0.5) is 16.2 Å². The number of anilines is 1. The zero-order valence-electron chi connectivity index (χ0n) is 10.8. The highest BCUT2D eigenvalue weighted by Crippen LogP contribution is 2.15. The molecule has 0 saturated carbocycles. The Morgan fingerprint density at radius 2 is 1.95 bits per heavy atom. The average molecular weight is 267 g/mol. The predicted octanol–water partition coefficient (Wildman–Crippen LogP) is 1.88. The maximum absolute atomic E-state index is 11.7. The number of hydrogen-bond acceptors (Lipinski definition) is 4. The first-order valence-electron chi connectivity index (χ1n) is 5.78. The van der Waals surface area contributed by atoms with Crippen molar-refractivity contribution in [3.05, 3.63) is 34.4 Å². The molecule has 0 aliphatic heterocycles. The molecule has 0 aromatic heterocycles. The molecule has 1 aromatic carbocycles. The van der Waals surface area contributed by atoms with Gasteiger partial charge < -0.3 is 15.7 Å².